The van der Waals surface area contributed by atoms with E-state index in [2.05, 4.69) is 16.7 Å². The van der Waals surface area contributed by atoms with E-state index in [9.17, 15) is 4.79 Å². The van der Waals surface area contributed by atoms with Crippen LogP contribution in [-0.2, 0) is 4.79 Å². The highest BCUT2D eigenvalue weighted by Gasteiger charge is 2.31. The normalized spacial score (nSPS) is 27.7. The van der Waals surface area contributed by atoms with Gasteiger partial charge in [0.05, 0.1) is 0 Å². The molecule has 104 valence electrons. The lowest BCUT2D eigenvalue weighted by Crippen LogP contribution is -2.44. The average molecular weight is 254 g/mol. The van der Waals surface area contributed by atoms with Gasteiger partial charge in [-0.25, -0.2) is 0 Å². The Morgan fingerprint density at radius 2 is 1.94 bits per heavy atom. The Hall–Kier alpha value is -0.610. The number of nitrogens with zero attached hydrogens (tertiary/aromatic N) is 2. The standard InChI is InChI=1S/C14H26N2O2/c1-2-6-15-7-4-13(5-8-15)16-9-3-12(11-16)10-14(17)18/h12-13H,2-11H2,1H3,(H,17,18). The molecule has 0 aromatic heterocycles. The minimum Gasteiger partial charge on any atom is -0.481 e. The number of carboxylic acid groups (broad SMARTS) is 1. The zero-order chi connectivity index (χ0) is 13.0. The fourth-order valence-corrected chi connectivity index (χ4v) is 3.43. The van der Waals surface area contributed by atoms with E-state index in [1.54, 1.807) is 0 Å². The van der Waals surface area contributed by atoms with Gasteiger partial charge in [0.1, 0.15) is 0 Å². The van der Waals surface area contributed by atoms with E-state index in [1.165, 1.54) is 38.9 Å². The lowest BCUT2D eigenvalue weighted by Gasteiger charge is -2.36. The molecule has 2 rings (SSSR count). The molecular formula is C14H26N2O2. The number of piperidine rings is 1. The molecule has 0 aromatic carbocycles. The zero-order valence-corrected chi connectivity index (χ0v) is 11.5. The summed E-state index contributed by atoms with van der Waals surface area (Å²) in [5.41, 5.74) is 0. The topological polar surface area (TPSA) is 43.8 Å². The summed E-state index contributed by atoms with van der Waals surface area (Å²) in [5.74, 6) is -0.254. The molecule has 0 aliphatic carbocycles. The minimum atomic E-state index is -0.639. The van der Waals surface area contributed by atoms with Crippen LogP contribution < -0.4 is 0 Å². The van der Waals surface area contributed by atoms with Crippen LogP contribution >= 0.6 is 0 Å². The van der Waals surface area contributed by atoms with E-state index < -0.39 is 5.97 Å². The van der Waals surface area contributed by atoms with Crippen LogP contribution in [0.5, 0.6) is 0 Å². The number of carboxylic acids is 1. The number of likely N-dealkylation sites (tertiary alicyclic amines) is 2. The number of carbonyl (C=O) groups is 1. The van der Waals surface area contributed by atoms with E-state index in [0.717, 1.165) is 19.5 Å². The number of hydrogen-bond donors (Lipinski definition) is 1. The summed E-state index contributed by atoms with van der Waals surface area (Å²) < 4.78 is 0. The highest BCUT2D eigenvalue weighted by atomic mass is 16.4. The number of rotatable bonds is 5. The highest BCUT2D eigenvalue weighted by Crippen LogP contribution is 2.26. The summed E-state index contributed by atoms with van der Waals surface area (Å²) in [6.45, 7) is 8.02. The molecule has 0 aromatic rings. The molecule has 1 atom stereocenters. The van der Waals surface area contributed by atoms with Crippen molar-refractivity contribution >= 4 is 5.97 Å². The van der Waals surface area contributed by atoms with Crippen molar-refractivity contribution in [2.45, 2.75) is 45.1 Å². The van der Waals surface area contributed by atoms with Gasteiger partial charge in [-0.1, -0.05) is 6.92 Å². The quantitative estimate of drug-likeness (QED) is 0.810. The van der Waals surface area contributed by atoms with Gasteiger partial charge in [0, 0.05) is 19.0 Å². The van der Waals surface area contributed by atoms with E-state index in [1.807, 2.05) is 0 Å². The summed E-state index contributed by atoms with van der Waals surface area (Å²) >= 11 is 0. The van der Waals surface area contributed by atoms with Gasteiger partial charge in [-0.2, -0.15) is 0 Å². The van der Waals surface area contributed by atoms with E-state index in [0.29, 0.717) is 18.4 Å². The lowest BCUT2D eigenvalue weighted by molar-refractivity contribution is -0.138. The second-order valence-corrected chi connectivity index (χ2v) is 5.82. The summed E-state index contributed by atoms with van der Waals surface area (Å²) in [7, 11) is 0. The fraction of sp³-hybridized carbons (Fsp3) is 0.929. The highest BCUT2D eigenvalue weighted by molar-refractivity contribution is 5.67. The third kappa shape index (κ3) is 3.69. The van der Waals surface area contributed by atoms with Gasteiger partial charge in [0.15, 0.2) is 0 Å². The Bertz CT molecular complexity index is 275. The molecule has 0 bridgehead atoms. The van der Waals surface area contributed by atoms with Crippen molar-refractivity contribution in [2.24, 2.45) is 5.92 Å². The summed E-state index contributed by atoms with van der Waals surface area (Å²) in [4.78, 5) is 15.8. The van der Waals surface area contributed by atoms with Crippen LogP contribution in [0.25, 0.3) is 0 Å². The Labute approximate surface area is 110 Å². The van der Waals surface area contributed by atoms with Crippen molar-refractivity contribution in [1.82, 2.24) is 9.80 Å². The van der Waals surface area contributed by atoms with Crippen LogP contribution in [-0.4, -0.2) is 59.6 Å². The molecule has 2 heterocycles. The van der Waals surface area contributed by atoms with Crippen molar-refractivity contribution in [1.29, 1.82) is 0 Å². The van der Waals surface area contributed by atoms with Crippen molar-refractivity contribution in [3.63, 3.8) is 0 Å². The third-order valence-electron chi connectivity index (χ3n) is 4.39. The smallest absolute Gasteiger partial charge is 0.303 e. The van der Waals surface area contributed by atoms with Gasteiger partial charge in [-0.15, -0.1) is 0 Å². The van der Waals surface area contributed by atoms with Crippen LogP contribution in [0.15, 0.2) is 0 Å². The molecule has 0 radical (unpaired) electrons. The first-order chi connectivity index (χ1) is 8.69. The maximum atomic E-state index is 10.7. The Morgan fingerprint density at radius 1 is 1.22 bits per heavy atom. The van der Waals surface area contributed by atoms with Gasteiger partial charge in [-0.05, 0) is 57.8 Å². The second-order valence-electron chi connectivity index (χ2n) is 5.82. The van der Waals surface area contributed by atoms with E-state index in [4.69, 9.17) is 5.11 Å². The molecule has 4 heteroatoms. The minimum absolute atomic E-state index is 0.352. The Morgan fingerprint density at radius 3 is 2.56 bits per heavy atom. The van der Waals surface area contributed by atoms with Gasteiger partial charge in [-0.3, -0.25) is 9.69 Å². The molecule has 18 heavy (non-hydrogen) atoms. The molecule has 2 aliphatic rings. The largest absolute Gasteiger partial charge is 0.481 e. The second kappa shape index (κ2) is 6.53. The van der Waals surface area contributed by atoms with Gasteiger partial charge in [0.25, 0.3) is 0 Å². The first kappa shape index (κ1) is 13.8. The van der Waals surface area contributed by atoms with Gasteiger partial charge in [0.2, 0.25) is 0 Å². The molecule has 2 saturated heterocycles. The maximum Gasteiger partial charge on any atom is 0.303 e. The van der Waals surface area contributed by atoms with Crippen molar-refractivity contribution in [3.05, 3.63) is 0 Å². The van der Waals surface area contributed by atoms with Crippen LogP contribution in [0.1, 0.15) is 39.0 Å². The maximum absolute atomic E-state index is 10.7. The molecule has 2 aliphatic heterocycles. The third-order valence-corrected chi connectivity index (χ3v) is 4.39. The molecule has 0 saturated carbocycles. The lowest BCUT2D eigenvalue weighted by atomic mass is 10.0. The molecule has 4 nitrogen and oxygen atoms in total. The van der Waals surface area contributed by atoms with Gasteiger partial charge >= 0.3 is 5.97 Å². The Balaban J connectivity index is 1.72. The monoisotopic (exact) mass is 254 g/mol. The predicted molar refractivity (Wildman–Crippen MR) is 71.7 cm³/mol. The van der Waals surface area contributed by atoms with Crippen LogP contribution in [0, 0.1) is 5.92 Å². The van der Waals surface area contributed by atoms with E-state index >= 15 is 0 Å². The Kier molecular flexibility index (Phi) is 5.01. The van der Waals surface area contributed by atoms with Crippen LogP contribution in [0.4, 0.5) is 0 Å². The van der Waals surface area contributed by atoms with Crippen LogP contribution in [0.2, 0.25) is 0 Å². The molecule has 0 spiro atoms. The average Bonchev–Trinajstić information content (AvgIpc) is 2.78. The van der Waals surface area contributed by atoms with Crippen molar-refractivity contribution in [2.75, 3.05) is 32.7 Å². The first-order valence-corrected chi connectivity index (χ1v) is 7.37. The fourth-order valence-electron chi connectivity index (χ4n) is 3.43. The summed E-state index contributed by atoms with van der Waals surface area (Å²) in [5, 5.41) is 8.84. The summed E-state index contributed by atoms with van der Waals surface area (Å²) in [6, 6.07) is 0.705. The van der Waals surface area contributed by atoms with Crippen molar-refractivity contribution < 1.29 is 9.90 Å². The summed E-state index contributed by atoms with van der Waals surface area (Å²) in [6.07, 6.45) is 5.20. The SMILES string of the molecule is CCCN1CCC(N2CCC(CC(=O)O)C2)CC1. The number of aliphatic carboxylic acids is 1. The van der Waals surface area contributed by atoms with Crippen molar-refractivity contribution in [3.8, 4) is 0 Å². The molecule has 1 N–H and O–H groups in total. The molecule has 0 amide bonds. The molecular weight excluding hydrogens is 228 g/mol. The zero-order valence-electron chi connectivity index (χ0n) is 11.5. The van der Waals surface area contributed by atoms with E-state index in [-0.39, 0.29) is 0 Å². The van der Waals surface area contributed by atoms with Gasteiger partial charge < -0.3 is 10.0 Å². The molecule has 2 fully saturated rings. The number of hydrogen-bond acceptors (Lipinski definition) is 3. The first-order valence-electron chi connectivity index (χ1n) is 7.37. The molecule has 1 unspecified atom stereocenters. The van der Waals surface area contributed by atoms with Crippen LogP contribution in [0.3, 0.4) is 0 Å². The predicted octanol–water partition coefficient (Wildman–Crippen LogP) is 1.66.